The molecule has 0 aromatic heterocycles. The zero-order chi connectivity index (χ0) is 16.2. The Hall–Kier alpha value is -1.10. The molecule has 0 saturated heterocycles. The Labute approximate surface area is 133 Å². The predicted octanol–water partition coefficient (Wildman–Crippen LogP) is 1.83. The molecule has 0 aromatic carbocycles. The second kappa shape index (κ2) is 7.44. The van der Waals surface area contributed by atoms with Crippen molar-refractivity contribution in [1.82, 2.24) is 10.2 Å². The zero-order valence-corrected chi connectivity index (χ0v) is 13.9. The fourth-order valence-corrected chi connectivity index (χ4v) is 3.94. The van der Waals surface area contributed by atoms with E-state index in [2.05, 4.69) is 5.32 Å². The first-order valence-electron chi connectivity index (χ1n) is 8.83. The highest BCUT2D eigenvalue weighted by Gasteiger charge is 2.44. The largest absolute Gasteiger partial charge is 0.392 e. The van der Waals surface area contributed by atoms with Crippen LogP contribution in [-0.4, -0.2) is 46.6 Å². The lowest BCUT2D eigenvalue weighted by Gasteiger charge is -2.40. The minimum atomic E-state index is -0.746. The zero-order valence-electron chi connectivity index (χ0n) is 13.9. The van der Waals surface area contributed by atoms with E-state index in [0.29, 0.717) is 19.5 Å². The summed E-state index contributed by atoms with van der Waals surface area (Å²) in [5, 5.41) is 13.0. The number of amides is 2. The van der Waals surface area contributed by atoms with Gasteiger partial charge in [0.25, 0.3) is 0 Å². The Balaban J connectivity index is 2.14. The Morgan fingerprint density at radius 1 is 1.09 bits per heavy atom. The molecule has 0 aromatic rings. The summed E-state index contributed by atoms with van der Waals surface area (Å²) < 4.78 is 0. The van der Waals surface area contributed by atoms with Crippen LogP contribution in [0, 0.1) is 5.92 Å². The van der Waals surface area contributed by atoms with Crippen LogP contribution in [-0.2, 0) is 9.59 Å². The highest BCUT2D eigenvalue weighted by atomic mass is 16.3. The third-order valence-electron chi connectivity index (χ3n) is 5.35. The SMILES string of the molecule is CCN(CC)C(=O)C1(NC(=O)C2CCCC2O)CCCCC1. The Bertz CT molecular complexity index is 401. The first-order chi connectivity index (χ1) is 10.5. The smallest absolute Gasteiger partial charge is 0.248 e. The van der Waals surface area contributed by atoms with Crippen LogP contribution in [0.1, 0.15) is 65.2 Å². The van der Waals surface area contributed by atoms with Crippen LogP contribution >= 0.6 is 0 Å². The van der Waals surface area contributed by atoms with Gasteiger partial charge in [-0.1, -0.05) is 19.3 Å². The van der Waals surface area contributed by atoms with Crippen molar-refractivity contribution in [2.24, 2.45) is 5.92 Å². The summed E-state index contributed by atoms with van der Waals surface area (Å²) in [4.78, 5) is 27.4. The molecule has 0 aliphatic heterocycles. The van der Waals surface area contributed by atoms with E-state index in [9.17, 15) is 14.7 Å². The molecule has 2 atom stereocenters. The highest BCUT2D eigenvalue weighted by molar-refractivity contribution is 5.92. The summed E-state index contributed by atoms with van der Waals surface area (Å²) in [5.41, 5.74) is -0.746. The number of hydrogen-bond donors (Lipinski definition) is 2. The lowest BCUT2D eigenvalue weighted by atomic mass is 9.79. The van der Waals surface area contributed by atoms with Crippen LogP contribution in [0.5, 0.6) is 0 Å². The van der Waals surface area contributed by atoms with Gasteiger partial charge in [0.15, 0.2) is 0 Å². The Kier molecular flexibility index (Phi) is 5.84. The maximum atomic E-state index is 13.0. The van der Waals surface area contributed by atoms with Crippen molar-refractivity contribution in [3.63, 3.8) is 0 Å². The number of aliphatic hydroxyl groups is 1. The van der Waals surface area contributed by atoms with Gasteiger partial charge in [0.05, 0.1) is 12.0 Å². The van der Waals surface area contributed by atoms with E-state index in [1.54, 1.807) is 0 Å². The van der Waals surface area contributed by atoms with Crippen LogP contribution in [0.15, 0.2) is 0 Å². The molecule has 2 N–H and O–H groups in total. The molecule has 2 unspecified atom stereocenters. The lowest BCUT2D eigenvalue weighted by molar-refractivity contribution is -0.145. The monoisotopic (exact) mass is 310 g/mol. The topological polar surface area (TPSA) is 69.6 Å². The van der Waals surface area contributed by atoms with Gasteiger partial charge in [-0.2, -0.15) is 0 Å². The molecule has 2 amide bonds. The molecular weight excluding hydrogens is 280 g/mol. The third kappa shape index (κ3) is 3.45. The van der Waals surface area contributed by atoms with E-state index in [-0.39, 0.29) is 17.7 Å². The van der Waals surface area contributed by atoms with Gasteiger partial charge in [0.2, 0.25) is 11.8 Å². The fraction of sp³-hybridized carbons (Fsp3) is 0.882. The fourth-order valence-electron chi connectivity index (χ4n) is 3.94. The van der Waals surface area contributed by atoms with Crippen molar-refractivity contribution in [2.45, 2.75) is 76.9 Å². The minimum absolute atomic E-state index is 0.0537. The van der Waals surface area contributed by atoms with E-state index in [1.165, 1.54) is 0 Å². The van der Waals surface area contributed by atoms with Crippen molar-refractivity contribution in [3.05, 3.63) is 0 Å². The molecule has 5 nitrogen and oxygen atoms in total. The number of likely N-dealkylation sites (N-methyl/N-ethyl adjacent to an activating group) is 1. The number of hydrogen-bond acceptors (Lipinski definition) is 3. The average molecular weight is 310 g/mol. The van der Waals surface area contributed by atoms with Crippen LogP contribution in [0.3, 0.4) is 0 Å². The average Bonchev–Trinajstić information content (AvgIpc) is 2.95. The van der Waals surface area contributed by atoms with Crippen molar-refractivity contribution >= 4 is 11.8 Å². The molecule has 0 radical (unpaired) electrons. The van der Waals surface area contributed by atoms with E-state index < -0.39 is 11.6 Å². The minimum Gasteiger partial charge on any atom is -0.392 e. The highest BCUT2D eigenvalue weighted by Crippen LogP contribution is 2.32. The molecular formula is C17H30N2O3. The molecule has 126 valence electrons. The normalized spacial score (nSPS) is 27.4. The molecule has 2 rings (SSSR count). The molecule has 2 saturated carbocycles. The summed E-state index contributed by atoms with van der Waals surface area (Å²) in [6.45, 7) is 5.28. The molecule has 22 heavy (non-hydrogen) atoms. The Morgan fingerprint density at radius 2 is 1.73 bits per heavy atom. The number of carbonyl (C=O) groups excluding carboxylic acids is 2. The van der Waals surface area contributed by atoms with Crippen LogP contribution in [0.25, 0.3) is 0 Å². The summed E-state index contributed by atoms with van der Waals surface area (Å²) in [7, 11) is 0. The standard InChI is InChI=1S/C17H30N2O3/c1-3-19(4-2)16(22)17(11-6-5-7-12-17)18-15(21)13-9-8-10-14(13)20/h13-14,20H,3-12H2,1-2H3,(H,18,21). The van der Waals surface area contributed by atoms with Crippen molar-refractivity contribution in [2.75, 3.05) is 13.1 Å². The van der Waals surface area contributed by atoms with Gasteiger partial charge >= 0.3 is 0 Å². The second-order valence-electron chi connectivity index (χ2n) is 6.71. The lowest BCUT2D eigenvalue weighted by Crippen LogP contribution is -2.61. The summed E-state index contributed by atoms with van der Waals surface area (Å²) >= 11 is 0. The van der Waals surface area contributed by atoms with Gasteiger partial charge in [-0.05, 0) is 46.0 Å². The molecule has 5 heteroatoms. The van der Waals surface area contributed by atoms with Gasteiger partial charge < -0.3 is 15.3 Å². The third-order valence-corrected chi connectivity index (χ3v) is 5.35. The summed E-state index contributed by atoms with van der Waals surface area (Å²) in [6, 6.07) is 0. The van der Waals surface area contributed by atoms with E-state index in [4.69, 9.17) is 0 Å². The van der Waals surface area contributed by atoms with Crippen molar-refractivity contribution < 1.29 is 14.7 Å². The summed E-state index contributed by atoms with van der Waals surface area (Å²) in [5.74, 6) is -0.422. The molecule has 0 bridgehead atoms. The predicted molar refractivity (Wildman–Crippen MR) is 85.2 cm³/mol. The molecule has 2 aliphatic rings. The number of nitrogens with one attached hydrogen (secondary N) is 1. The first kappa shape index (κ1) is 17.3. The molecule has 0 heterocycles. The molecule has 0 spiro atoms. The number of rotatable bonds is 5. The van der Waals surface area contributed by atoms with E-state index in [1.807, 2.05) is 18.7 Å². The number of nitrogens with zero attached hydrogens (tertiary/aromatic N) is 1. The van der Waals surface area contributed by atoms with Gasteiger partial charge in [-0.3, -0.25) is 9.59 Å². The van der Waals surface area contributed by atoms with E-state index in [0.717, 1.165) is 44.9 Å². The second-order valence-corrected chi connectivity index (χ2v) is 6.71. The van der Waals surface area contributed by atoms with Gasteiger partial charge in [-0.25, -0.2) is 0 Å². The first-order valence-corrected chi connectivity index (χ1v) is 8.83. The molecule has 2 fully saturated rings. The Morgan fingerprint density at radius 3 is 2.23 bits per heavy atom. The van der Waals surface area contributed by atoms with Gasteiger partial charge in [0, 0.05) is 13.1 Å². The van der Waals surface area contributed by atoms with Gasteiger partial charge in [0.1, 0.15) is 5.54 Å². The number of aliphatic hydroxyl groups excluding tert-OH is 1. The summed E-state index contributed by atoms with van der Waals surface area (Å²) in [6.07, 6.45) is 6.25. The van der Waals surface area contributed by atoms with Crippen LogP contribution < -0.4 is 5.32 Å². The number of carbonyl (C=O) groups is 2. The van der Waals surface area contributed by atoms with Gasteiger partial charge in [-0.15, -0.1) is 0 Å². The maximum absolute atomic E-state index is 13.0. The van der Waals surface area contributed by atoms with E-state index >= 15 is 0 Å². The van der Waals surface area contributed by atoms with Crippen molar-refractivity contribution in [3.8, 4) is 0 Å². The van der Waals surface area contributed by atoms with Crippen molar-refractivity contribution in [1.29, 1.82) is 0 Å². The van der Waals surface area contributed by atoms with Crippen LogP contribution in [0.2, 0.25) is 0 Å². The quantitative estimate of drug-likeness (QED) is 0.814. The molecule has 2 aliphatic carbocycles. The maximum Gasteiger partial charge on any atom is 0.248 e. The van der Waals surface area contributed by atoms with Crippen LogP contribution in [0.4, 0.5) is 0 Å².